The molecule has 0 unspecified atom stereocenters. The molecule has 1 fully saturated rings. The summed E-state index contributed by atoms with van der Waals surface area (Å²) in [4.78, 5) is 20.3. The average Bonchev–Trinajstić information content (AvgIpc) is 2.94. The molecule has 2 aromatic rings. The lowest BCUT2D eigenvalue weighted by Gasteiger charge is -2.35. The number of unbranched alkanes of at least 4 members (excludes halogenated alkanes) is 6. The lowest BCUT2D eigenvalue weighted by molar-refractivity contribution is 0.105. The van der Waals surface area contributed by atoms with Crippen LogP contribution in [0.1, 0.15) is 64.4 Å². The molecule has 0 aromatic heterocycles. The van der Waals surface area contributed by atoms with Crippen LogP contribution >= 0.6 is 0 Å². The maximum Gasteiger partial charge on any atom is 0.409 e. The van der Waals surface area contributed by atoms with Crippen molar-refractivity contribution in [3.05, 3.63) is 54.1 Å². The van der Waals surface area contributed by atoms with Gasteiger partial charge in [0.25, 0.3) is 0 Å². The molecule has 1 amide bonds. The van der Waals surface area contributed by atoms with Gasteiger partial charge in [-0.1, -0.05) is 51.4 Å². The summed E-state index contributed by atoms with van der Waals surface area (Å²) in [7, 11) is 0. The third-order valence-corrected chi connectivity index (χ3v) is 6.39. The van der Waals surface area contributed by atoms with Crippen LogP contribution in [0.25, 0.3) is 0 Å². The van der Waals surface area contributed by atoms with Gasteiger partial charge in [0.15, 0.2) is 0 Å². The van der Waals surface area contributed by atoms with Crippen molar-refractivity contribution in [2.24, 2.45) is 4.99 Å². The van der Waals surface area contributed by atoms with Gasteiger partial charge in [-0.3, -0.25) is 0 Å². The molecule has 0 N–H and O–H groups in total. The molecule has 198 valence electrons. The van der Waals surface area contributed by atoms with E-state index >= 15 is 0 Å². The number of ether oxygens (including phenoxy) is 2. The minimum absolute atomic E-state index is 0.225. The van der Waals surface area contributed by atoms with Gasteiger partial charge in [-0.05, 0) is 67.8 Å². The Labute approximate surface area is 222 Å². The van der Waals surface area contributed by atoms with Gasteiger partial charge in [-0.2, -0.15) is 0 Å². The van der Waals surface area contributed by atoms with Gasteiger partial charge in [0.1, 0.15) is 5.75 Å². The number of hydrogen-bond donors (Lipinski definition) is 0. The highest BCUT2D eigenvalue weighted by Crippen LogP contribution is 2.19. The van der Waals surface area contributed by atoms with Crippen molar-refractivity contribution in [2.45, 2.75) is 58.8 Å². The van der Waals surface area contributed by atoms with Gasteiger partial charge in [0.2, 0.25) is 0 Å². The zero-order valence-electron chi connectivity index (χ0n) is 22.5. The van der Waals surface area contributed by atoms with Gasteiger partial charge >= 0.3 is 6.09 Å². The van der Waals surface area contributed by atoms with E-state index in [1.54, 1.807) is 11.1 Å². The Balaban J connectivity index is 1.37. The summed E-state index contributed by atoms with van der Waals surface area (Å²) in [5.41, 5.74) is 2.93. The fraction of sp³-hybridized carbons (Fsp3) is 0.484. The van der Waals surface area contributed by atoms with E-state index in [9.17, 15) is 4.79 Å². The van der Waals surface area contributed by atoms with Crippen molar-refractivity contribution in [1.29, 1.82) is 0 Å². The Kier molecular flexibility index (Phi) is 12.4. The van der Waals surface area contributed by atoms with Crippen LogP contribution in [0.5, 0.6) is 5.75 Å². The van der Waals surface area contributed by atoms with Crippen LogP contribution in [0.3, 0.4) is 0 Å². The molecule has 0 bridgehead atoms. The number of carbonyl (C=O) groups excluding carboxylic acids is 1. The Morgan fingerprint density at radius 2 is 1.57 bits per heavy atom. The molecule has 0 aliphatic carbocycles. The van der Waals surface area contributed by atoms with E-state index in [2.05, 4.69) is 40.8 Å². The Morgan fingerprint density at radius 1 is 0.892 bits per heavy atom. The molecule has 0 spiro atoms. The van der Waals surface area contributed by atoms with Crippen molar-refractivity contribution >= 4 is 23.7 Å². The predicted octanol–water partition coefficient (Wildman–Crippen LogP) is 6.85. The molecule has 2 aromatic carbocycles. The molecule has 0 radical (unpaired) electrons. The molecular weight excluding hydrogens is 462 g/mol. The molecular formula is C31H41N3O3. The summed E-state index contributed by atoms with van der Waals surface area (Å²) in [5.74, 6) is 7.04. The predicted molar refractivity (Wildman–Crippen MR) is 152 cm³/mol. The minimum Gasteiger partial charge on any atom is -0.494 e. The molecule has 6 heteroatoms. The highest BCUT2D eigenvalue weighted by Gasteiger charge is 2.21. The maximum atomic E-state index is 11.9. The topological polar surface area (TPSA) is 54.4 Å². The molecule has 1 aliphatic rings. The van der Waals surface area contributed by atoms with Crippen LogP contribution in [0.15, 0.2) is 53.5 Å². The third kappa shape index (κ3) is 10.2. The van der Waals surface area contributed by atoms with Crippen LogP contribution < -0.4 is 9.64 Å². The number of aliphatic imine (C=N–C) groups is 1. The van der Waals surface area contributed by atoms with E-state index in [-0.39, 0.29) is 6.09 Å². The fourth-order valence-electron chi connectivity index (χ4n) is 4.22. The SMILES string of the molecule is CCCCCCCCCOc1ccc(N=CC#Cc2ccc(N3CCN(C(=O)OCC)CC3)cc2)cc1. The number of benzene rings is 2. The minimum atomic E-state index is -0.225. The third-order valence-electron chi connectivity index (χ3n) is 6.39. The quantitative estimate of drug-likeness (QED) is 0.181. The number of carbonyl (C=O) groups is 1. The molecule has 1 aliphatic heterocycles. The standard InChI is InChI=1S/C31H41N3O3/c1-3-5-6-7-8-9-10-26-37-30-19-15-28(16-20-30)32-21-11-12-27-13-17-29(18-14-27)33-22-24-34(25-23-33)31(35)36-4-2/h13-21H,3-10,22-26H2,1-2H3. The molecule has 6 nitrogen and oxygen atoms in total. The first-order chi connectivity index (χ1) is 18.2. The Morgan fingerprint density at radius 3 is 2.24 bits per heavy atom. The highest BCUT2D eigenvalue weighted by atomic mass is 16.6. The van der Waals surface area contributed by atoms with E-state index in [4.69, 9.17) is 9.47 Å². The normalized spacial score (nSPS) is 13.4. The van der Waals surface area contributed by atoms with Crippen molar-refractivity contribution in [3.63, 3.8) is 0 Å². The summed E-state index contributed by atoms with van der Waals surface area (Å²) in [6.07, 6.45) is 10.4. The van der Waals surface area contributed by atoms with Crippen molar-refractivity contribution < 1.29 is 14.3 Å². The zero-order valence-corrected chi connectivity index (χ0v) is 22.5. The molecule has 0 saturated carbocycles. The van der Waals surface area contributed by atoms with Crippen LogP contribution in [0.4, 0.5) is 16.2 Å². The number of piperazine rings is 1. The van der Waals surface area contributed by atoms with Gasteiger partial charge in [0, 0.05) is 37.4 Å². The number of nitrogens with zero attached hydrogens (tertiary/aromatic N) is 3. The van der Waals surface area contributed by atoms with Crippen molar-refractivity contribution in [1.82, 2.24) is 4.90 Å². The van der Waals surface area contributed by atoms with E-state index in [1.807, 2.05) is 43.3 Å². The maximum absolute atomic E-state index is 11.9. The monoisotopic (exact) mass is 503 g/mol. The average molecular weight is 504 g/mol. The second kappa shape index (κ2) is 16.3. The number of hydrogen-bond acceptors (Lipinski definition) is 5. The largest absolute Gasteiger partial charge is 0.494 e. The van der Waals surface area contributed by atoms with E-state index in [0.29, 0.717) is 19.7 Å². The van der Waals surface area contributed by atoms with Crippen molar-refractivity contribution in [3.8, 4) is 17.6 Å². The zero-order chi connectivity index (χ0) is 26.1. The molecule has 0 atom stereocenters. The van der Waals surface area contributed by atoms with Crippen LogP contribution in [0, 0.1) is 11.8 Å². The number of rotatable bonds is 12. The second-order valence-electron chi connectivity index (χ2n) is 9.21. The Hall–Kier alpha value is -3.46. The van der Waals surface area contributed by atoms with Crippen molar-refractivity contribution in [2.75, 3.05) is 44.3 Å². The van der Waals surface area contributed by atoms with Crippen LogP contribution in [0.2, 0.25) is 0 Å². The first-order valence-corrected chi connectivity index (χ1v) is 13.7. The summed E-state index contributed by atoms with van der Waals surface area (Å²) >= 11 is 0. The summed E-state index contributed by atoms with van der Waals surface area (Å²) < 4.78 is 10.9. The number of anilines is 1. The fourth-order valence-corrected chi connectivity index (χ4v) is 4.22. The second-order valence-corrected chi connectivity index (χ2v) is 9.21. The Bertz CT molecular complexity index is 1010. The smallest absolute Gasteiger partial charge is 0.409 e. The van der Waals surface area contributed by atoms with Gasteiger partial charge in [-0.25, -0.2) is 9.79 Å². The number of amides is 1. The first-order valence-electron chi connectivity index (χ1n) is 13.7. The summed E-state index contributed by atoms with van der Waals surface area (Å²) in [6.45, 7) is 8.18. The van der Waals surface area contributed by atoms with Crippen LogP contribution in [-0.4, -0.2) is 56.6 Å². The van der Waals surface area contributed by atoms with Gasteiger partial charge in [0.05, 0.1) is 25.1 Å². The van der Waals surface area contributed by atoms with Crippen LogP contribution in [-0.2, 0) is 4.74 Å². The van der Waals surface area contributed by atoms with E-state index < -0.39 is 0 Å². The van der Waals surface area contributed by atoms with Gasteiger partial charge < -0.3 is 19.3 Å². The summed E-state index contributed by atoms with van der Waals surface area (Å²) in [5, 5.41) is 0. The highest BCUT2D eigenvalue weighted by molar-refractivity contribution is 5.81. The molecule has 1 heterocycles. The summed E-state index contributed by atoms with van der Waals surface area (Å²) in [6, 6.07) is 16.0. The lowest BCUT2D eigenvalue weighted by atomic mass is 10.1. The van der Waals surface area contributed by atoms with E-state index in [0.717, 1.165) is 48.8 Å². The molecule has 37 heavy (non-hydrogen) atoms. The van der Waals surface area contributed by atoms with Gasteiger partial charge in [-0.15, -0.1) is 0 Å². The molecule has 1 saturated heterocycles. The van der Waals surface area contributed by atoms with E-state index in [1.165, 1.54) is 38.5 Å². The first kappa shape index (κ1) is 28.1. The molecule has 3 rings (SSSR count). The lowest BCUT2D eigenvalue weighted by Crippen LogP contribution is -2.49.